The summed E-state index contributed by atoms with van der Waals surface area (Å²) in [6.07, 6.45) is 0.483. The first-order chi connectivity index (χ1) is 5.49. The molecule has 0 bridgehead atoms. The van der Waals surface area contributed by atoms with Gasteiger partial charge in [-0.1, -0.05) is 20.8 Å². The number of amides is 1. The zero-order valence-electron chi connectivity index (χ0n) is 7.79. The Bertz CT molecular complexity index is 187. The van der Waals surface area contributed by atoms with E-state index in [4.69, 9.17) is 10.8 Å². The van der Waals surface area contributed by atoms with Crippen molar-refractivity contribution in [2.24, 2.45) is 11.7 Å². The molecule has 0 spiro atoms. The third-order valence-corrected chi connectivity index (χ3v) is 1.63. The summed E-state index contributed by atoms with van der Waals surface area (Å²) in [6.45, 7) is 5.53. The highest BCUT2D eigenvalue weighted by atomic mass is 16.3. The van der Waals surface area contributed by atoms with Gasteiger partial charge < -0.3 is 10.8 Å². The Morgan fingerprint density at radius 2 is 2.08 bits per heavy atom. The van der Waals surface area contributed by atoms with Crippen molar-refractivity contribution in [3.63, 3.8) is 0 Å². The molecule has 1 atom stereocenters. The molecule has 4 N–H and O–H groups in total. The molecule has 0 heterocycles. The van der Waals surface area contributed by atoms with Gasteiger partial charge >= 0.3 is 5.90 Å². The van der Waals surface area contributed by atoms with Gasteiger partial charge in [-0.15, -0.1) is 0 Å². The van der Waals surface area contributed by atoms with Crippen molar-refractivity contribution in [2.45, 2.75) is 33.2 Å². The first-order valence-corrected chi connectivity index (χ1v) is 4.09. The molecule has 0 unspecified atom stereocenters. The van der Waals surface area contributed by atoms with E-state index in [-0.39, 0.29) is 11.8 Å². The number of nitrogens with two attached hydrogens (primary N) is 1. The lowest BCUT2D eigenvalue weighted by atomic mass is 10.1. The van der Waals surface area contributed by atoms with Crippen LogP contribution in [0.15, 0.2) is 0 Å². The molecule has 0 rings (SSSR count). The minimum absolute atomic E-state index is 0.0798. The van der Waals surface area contributed by atoms with Crippen molar-refractivity contribution in [1.82, 2.24) is 0 Å². The minimum Gasteiger partial charge on any atom is -0.464 e. The van der Waals surface area contributed by atoms with Crippen molar-refractivity contribution in [2.75, 3.05) is 0 Å². The number of carbonyl (C=O) groups excluding carboxylic acids is 1. The second kappa shape index (κ2) is 4.74. The summed E-state index contributed by atoms with van der Waals surface area (Å²) in [5.41, 5.74) is 5.11. The highest BCUT2D eigenvalue weighted by Gasteiger charge is 2.24. The number of rotatable bonds is 4. The average Bonchev–Trinajstić information content (AvgIpc) is 1.98. The topological polar surface area (TPSA) is 77.3 Å². The molecule has 0 aliphatic rings. The van der Waals surface area contributed by atoms with E-state index in [1.54, 1.807) is 6.92 Å². The molecule has 0 aromatic rings. The standard InChI is InChI=1S/C8H16N2O2/c1-4-6(11)10-7(5(2)3)8(9)12/h5,7H,4H2,1-3H3,(H2,9,12)(H,10,11)/p+1/t7-/m0/s1. The van der Waals surface area contributed by atoms with E-state index in [1.807, 2.05) is 13.8 Å². The van der Waals surface area contributed by atoms with Gasteiger partial charge in [0, 0.05) is 5.92 Å². The first-order valence-electron chi connectivity index (χ1n) is 4.09. The van der Waals surface area contributed by atoms with E-state index >= 15 is 0 Å². The third-order valence-electron chi connectivity index (χ3n) is 1.63. The van der Waals surface area contributed by atoms with E-state index in [9.17, 15) is 4.79 Å². The highest BCUT2D eigenvalue weighted by Crippen LogP contribution is 1.94. The molecule has 0 radical (unpaired) electrons. The molecule has 0 aromatic heterocycles. The lowest BCUT2D eigenvalue weighted by molar-refractivity contribution is -0.505. The van der Waals surface area contributed by atoms with Crippen LogP contribution in [0.4, 0.5) is 0 Å². The first kappa shape index (κ1) is 10.9. The lowest BCUT2D eigenvalue weighted by Crippen LogP contribution is -2.84. The fourth-order valence-corrected chi connectivity index (χ4v) is 0.848. The Hall–Kier alpha value is -1.06. The van der Waals surface area contributed by atoms with Crippen molar-refractivity contribution >= 4 is 11.8 Å². The molecule has 0 aromatic carbocycles. The second-order valence-electron chi connectivity index (χ2n) is 3.07. The van der Waals surface area contributed by atoms with Crippen LogP contribution in [0.5, 0.6) is 0 Å². The Kier molecular flexibility index (Phi) is 4.33. The van der Waals surface area contributed by atoms with E-state index < -0.39 is 11.9 Å². The molecular weight excluding hydrogens is 156 g/mol. The van der Waals surface area contributed by atoms with E-state index in [0.29, 0.717) is 6.42 Å². The van der Waals surface area contributed by atoms with Crippen LogP contribution in [0.2, 0.25) is 0 Å². The molecule has 12 heavy (non-hydrogen) atoms. The van der Waals surface area contributed by atoms with Gasteiger partial charge in [-0.3, -0.25) is 4.79 Å². The molecule has 0 saturated carbocycles. The van der Waals surface area contributed by atoms with Crippen LogP contribution >= 0.6 is 0 Å². The average molecular weight is 173 g/mol. The smallest absolute Gasteiger partial charge is 0.332 e. The summed E-state index contributed by atoms with van der Waals surface area (Å²) in [4.78, 5) is 13.5. The molecule has 0 aliphatic heterocycles. The molecule has 4 heteroatoms. The predicted octanol–water partition coefficient (Wildman–Crippen LogP) is -1.06. The third kappa shape index (κ3) is 3.37. The predicted molar refractivity (Wildman–Crippen MR) is 46.7 cm³/mol. The number of aliphatic hydroxyl groups is 1. The number of hydrogen-bond acceptors (Lipinski definition) is 1. The molecule has 0 fully saturated rings. The zero-order chi connectivity index (χ0) is 9.72. The number of aliphatic hydroxyl groups excluding tert-OH is 1. The second-order valence-corrected chi connectivity index (χ2v) is 3.07. The van der Waals surface area contributed by atoms with Gasteiger partial charge in [0.15, 0.2) is 0 Å². The quantitative estimate of drug-likeness (QED) is 0.374. The molecular formula is C8H17N2O2+. The molecule has 70 valence electrons. The summed E-state index contributed by atoms with van der Waals surface area (Å²) in [5.74, 6) is -0.256. The maximum absolute atomic E-state index is 10.8. The maximum atomic E-state index is 10.8. The van der Waals surface area contributed by atoms with E-state index in [0.717, 1.165) is 0 Å². The maximum Gasteiger partial charge on any atom is 0.332 e. The SMILES string of the molecule is CCC(O)=[NH+][C@H](C(N)=O)C(C)C. The summed E-state index contributed by atoms with van der Waals surface area (Å²) >= 11 is 0. The number of nitrogens with one attached hydrogen (secondary N) is 1. The lowest BCUT2D eigenvalue weighted by Gasteiger charge is -2.06. The van der Waals surface area contributed by atoms with Crippen LogP contribution in [0.3, 0.4) is 0 Å². The van der Waals surface area contributed by atoms with Crippen LogP contribution in [0.25, 0.3) is 0 Å². The molecule has 1 amide bonds. The molecule has 0 aliphatic carbocycles. The fraction of sp³-hybridized carbons (Fsp3) is 0.750. The Morgan fingerprint density at radius 3 is 2.33 bits per heavy atom. The van der Waals surface area contributed by atoms with E-state index in [1.165, 1.54) is 0 Å². The Balaban J connectivity index is 4.43. The van der Waals surface area contributed by atoms with Crippen LogP contribution in [-0.2, 0) is 4.79 Å². The van der Waals surface area contributed by atoms with Crippen molar-refractivity contribution < 1.29 is 14.9 Å². The van der Waals surface area contributed by atoms with Crippen molar-refractivity contribution in [3.8, 4) is 0 Å². The van der Waals surface area contributed by atoms with Gasteiger partial charge in [0.05, 0.1) is 6.42 Å². The summed E-state index contributed by atoms with van der Waals surface area (Å²) in [6, 6.07) is -0.482. The number of hydrogen-bond donors (Lipinski definition) is 3. The number of carbonyl (C=O) groups is 1. The van der Waals surface area contributed by atoms with Crippen LogP contribution in [0.1, 0.15) is 27.2 Å². The Morgan fingerprint density at radius 1 is 1.58 bits per heavy atom. The van der Waals surface area contributed by atoms with Crippen molar-refractivity contribution in [1.29, 1.82) is 0 Å². The van der Waals surface area contributed by atoms with Crippen LogP contribution < -0.4 is 10.7 Å². The highest BCUT2D eigenvalue weighted by molar-refractivity contribution is 5.79. The largest absolute Gasteiger partial charge is 0.464 e. The molecule has 4 nitrogen and oxygen atoms in total. The summed E-state index contributed by atoms with van der Waals surface area (Å²) < 4.78 is 0. The number of primary amides is 1. The van der Waals surface area contributed by atoms with Gasteiger partial charge in [-0.2, -0.15) is 0 Å². The summed E-state index contributed by atoms with van der Waals surface area (Å²) in [7, 11) is 0. The van der Waals surface area contributed by atoms with Crippen molar-refractivity contribution in [3.05, 3.63) is 0 Å². The Labute approximate surface area is 72.5 Å². The van der Waals surface area contributed by atoms with Gasteiger partial charge in [-0.25, -0.2) is 4.99 Å². The van der Waals surface area contributed by atoms with E-state index in [2.05, 4.69) is 4.99 Å². The van der Waals surface area contributed by atoms with Crippen LogP contribution in [-0.4, -0.2) is 23.0 Å². The van der Waals surface area contributed by atoms with Gasteiger partial charge in [0.25, 0.3) is 5.91 Å². The molecule has 0 saturated heterocycles. The monoisotopic (exact) mass is 173 g/mol. The van der Waals surface area contributed by atoms with Crippen LogP contribution in [0, 0.1) is 5.92 Å². The normalized spacial score (nSPS) is 14.8. The fourth-order valence-electron chi connectivity index (χ4n) is 0.848. The summed E-state index contributed by atoms with van der Waals surface area (Å²) in [5, 5.41) is 9.12. The van der Waals surface area contributed by atoms with Gasteiger partial charge in [0.2, 0.25) is 6.04 Å². The van der Waals surface area contributed by atoms with Gasteiger partial charge in [0.1, 0.15) is 0 Å². The minimum atomic E-state index is -0.482. The zero-order valence-corrected chi connectivity index (χ0v) is 7.79. The van der Waals surface area contributed by atoms with Gasteiger partial charge in [-0.05, 0) is 0 Å².